The molecular formula is C6H9N3O2. The number of nitro groups is 1. The molecule has 5 nitrogen and oxygen atoms in total. The molecule has 0 rings (SSSR count). The summed E-state index contributed by atoms with van der Waals surface area (Å²) in [5.74, 6) is 0. The number of nitrogens with zero attached hydrogens (tertiary/aromatic N) is 1. The van der Waals surface area contributed by atoms with Gasteiger partial charge in [-0.25, -0.2) is 0 Å². The first kappa shape index (κ1) is 9.35. The minimum atomic E-state index is -0.636. The zero-order valence-electron chi connectivity index (χ0n) is 5.91. The molecule has 11 heavy (non-hydrogen) atoms. The van der Waals surface area contributed by atoms with E-state index in [4.69, 9.17) is 5.41 Å². The van der Waals surface area contributed by atoms with Gasteiger partial charge in [0.15, 0.2) is 0 Å². The Balaban J connectivity index is 4.01. The van der Waals surface area contributed by atoms with Crippen LogP contribution >= 0.6 is 0 Å². The first-order valence-corrected chi connectivity index (χ1v) is 2.91. The summed E-state index contributed by atoms with van der Waals surface area (Å²) in [6.45, 7) is 3.86. The lowest BCUT2D eigenvalue weighted by molar-refractivity contribution is -0.414. The smallest absolute Gasteiger partial charge is 0.302 e. The number of hydrogen-bond acceptors (Lipinski definition) is 4. The highest BCUT2D eigenvalue weighted by Crippen LogP contribution is 1.86. The van der Waals surface area contributed by atoms with Crippen molar-refractivity contribution >= 4 is 6.21 Å². The van der Waals surface area contributed by atoms with E-state index in [1.807, 2.05) is 0 Å². The zero-order valence-corrected chi connectivity index (χ0v) is 5.91. The van der Waals surface area contributed by atoms with Gasteiger partial charge in [0.2, 0.25) is 0 Å². The molecule has 0 aliphatic heterocycles. The molecule has 0 unspecified atom stereocenters. The molecule has 0 bridgehead atoms. The van der Waals surface area contributed by atoms with Crippen LogP contribution in [0.4, 0.5) is 0 Å². The molecule has 0 saturated heterocycles. The van der Waals surface area contributed by atoms with Crippen LogP contribution in [0, 0.1) is 15.5 Å². The molecule has 0 heterocycles. The maximum Gasteiger partial charge on any atom is 0.302 e. The van der Waals surface area contributed by atoms with Crippen LogP contribution in [0.1, 0.15) is 0 Å². The van der Waals surface area contributed by atoms with Crippen molar-refractivity contribution in [2.45, 2.75) is 0 Å². The molecule has 0 atom stereocenters. The average Bonchev–Trinajstić information content (AvgIpc) is 1.97. The summed E-state index contributed by atoms with van der Waals surface area (Å²) in [5.41, 5.74) is -0.271. The summed E-state index contributed by atoms with van der Waals surface area (Å²) in [6.07, 6.45) is 3.41. The zero-order chi connectivity index (χ0) is 8.69. The van der Waals surface area contributed by atoms with Crippen LogP contribution in [0.2, 0.25) is 0 Å². The van der Waals surface area contributed by atoms with Crippen molar-refractivity contribution in [3.05, 3.63) is 34.7 Å². The second-order valence-electron chi connectivity index (χ2n) is 1.67. The average molecular weight is 155 g/mol. The predicted octanol–water partition coefficient (Wildman–Crippen LogP) is 0.530. The minimum Gasteiger partial charge on any atom is -0.382 e. The summed E-state index contributed by atoms with van der Waals surface area (Å²) in [5, 5.41) is 19.3. The van der Waals surface area contributed by atoms with Crippen molar-refractivity contribution in [2.24, 2.45) is 0 Å². The summed E-state index contributed by atoms with van der Waals surface area (Å²) in [6, 6.07) is 0. The Hall–Kier alpha value is -1.65. The number of rotatable bonds is 5. The monoisotopic (exact) mass is 155 g/mol. The van der Waals surface area contributed by atoms with Crippen molar-refractivity contribution in [1.29, 1.82) is 5.41 Å². The second kappa shape index (κ2) is 5.16. The topological polar surface area (TPSA) is 79.0 Å². The van der Waals surface area contributed by atoms with Crippen LogP contribution in [0.25, 0.3) is 0 Å². The Bertz CT molecular complexity index is 198. The molecule has 0 aliphatic carbocycles. The van der Waals surface area contributed by atoms with Gasteiger partial charge in [0, 0.05) is 6.54 Å². The van der Waals surface area contributed by atoms with Gasteiger partial charge in [-0.15, -0.1) is 6.58 Å². The van der Waals surface area contributed by atoms with Gasteiger partial charge in [0.05, 0.1) is 17.3 Å². The van der Waals surface area contributed by atoms with Gasteiger partial charge in [-0.05, 0) is 0 Å². The highest BCUT2D eigenvalue weighted by molar-refractivity contribution is 5.71. The molecule has 0 aromatic heterocycles. The van der Waals surface area contributed by atoms with Crippen LogP contribution in [0.15, 0.2) is 24.6 Å². The van der Waals surface area contributed by atoms with E-state index in [1.54, 1.807) is 6.08 Å². The fourth-order valence-corrected chi connectivity index (χ4v) is 0.394. The second-order valence-corrected chi connectivity index (χ2v) is 1.67. The third kappa shape index (κ3) is 3.85. The quantitative estimate of drug-likeness (QED) is 0.200. The molecule has 0 aromatic rings. The lowest BCUT2D eigenvalue weighted by Gasteiger charge is -1.92. The van der Waals surface area contributed by atoms with Crippen molar-refractivity contribution < 1.29 is 4.92 Å². The van der Waals surface area contributed by atoms with Crippen molar-refractivity contribution in [1.82, 2.24) is 5.32 Å². The number of nitrogens with one attached hydrogen (secondary N) is 2. The molecular weight excluding hydrogens is 146 g/mol. The summed E-state index contributed by atoms with van der Waals surface area (Å²) < 4.78 is 0. The fourth-order valence-electron chi connectivity index (χ4n) is 0.394. The molecule has 0 saturated carbocycles. The highest BCUT2D eigenvalue weighted by Gasteiger charge is 2.03. The molecule has 0 spiro atoms. The van der Waals surface area contributed by atoms with Crippen LogP contribution in [0.3, 0.4) is 0 Å². The first-order valence-electron chi connectivity index (χ1n) is 2.91. The Morgan fingerprint density at radius 2 is 2.45 bits per heavy atom. The van der Waals surface area contributed by atoms with E-state index in [0.29, 0.717) is 12.8 Å². The van der Waals surface area contributed by atoms with E-state index in [9.17, 15) is 10.1 Å². The van der Waals surface area contributed by atoms with Gasteiger partial charge in [0.1, 0.15) is 0 Å². The Morgan fingerprint density at radius 1 is 1.82 bits per heavy atom. The molecule has 5 heteroatoms. The Morgan fingerprint density at radius 3 is 2.82 bits per heavy atom. The van der Waals surface area contributed by atoms with Crippen LogP contribution in [-0.4, -0.2) is 17.7 Å². The van der Waals surface area contributed by atoms with E-state index in [2.05, 4.69) is 11.9 Å². The summed E-state index contributed by atoms with van der Waals surface area (Å²) in [4.78, 5) is 9.41. The molecule has 0 radical (unpaired) electrons. The van der Waals surface area contributed by atoms with E-state index in [1.165, 1.54) is 0 Å². The van der Waals surface area contributed by atoms with E-state index >= 15 is 0 Å². The molecule has 2 N–H and O–H groups in total. The van der Waals surface area contributed by atoms with E-state index < -0.39 is 4.92 Å². The highest BCUT2D eigenvalue weighted by atomic mass is 16.6. The van der Waals surface area contributed by atoms with E-state index in [0.717, 1.165) is 6.20 Å². The Kier molecular flexibility index (Phi) is 4.39. The van der Waals surface area contributed by atoms with Crippen molar-refractivity contribution in [3.8, 4) is 0 Å². The SMILES string of the molecule is C=CCN/C=C(\C=N)[N+](=O)[O-]. The van der Waals surface area contributed by atoms with Gasteiger partial charge in [-0.2, -0.15) is 0 Å². The third-order valence-electron chi connectivity index (χ3n) is 0.871. The predicted molar refractivity (Wildman–Crippen MR) is 42.1 cm³/mol. The molecule has 0 fully saturated rings. The lowest BCUT2D eigenvalue weighted by atomic mass is 10.5. The van der Waals surface area contributed by atoms with Crippen molar-refractivity contribution in [2.75, 3.05) is 6.54 Å². The molecule has 0 aliphatic rings. The normalized spacial score (nSPS) is 10.4. The van der Waals surface area contributed by atoms with Crippen LogP contribution < -0.4 is 5.32 Å². The molecule has 60 valence electrons. The van der Waals surface area contributed by atoms with Crippen LogP contribution in [0.5, 0.6) is 0 Å². The van der Waals surface area contributed by atoms with Gasteiger partial charge in [0.25, 0.3) is 0 Å². The molecule has 0 amide bonds. The van der Waals surface area contributed by atoms with Crippen molar-refractivity contribution in [3.63, 3.8) is 0 Å². The summed E-state index contributed by atoms with van der Waals surface area (Å²) >= 11 is 0. The standard InChI is InChI=1S/C6H9N3O2/c1-2-3-8-5-6(4-7)9(10)11/h2,4-5,7-8H,1,3H2/b6-5+,7-4?. The van der Waals surface area contributed by atoms with E-state index in [-0.39, 0.29) is 5.70 Å². The summed E-state index contributed by atoms with van der Waals surface area (Å²) in [7, 11) is 0. The maximum absolute atomic E-state index is 10.0. The van der Waals surface area contributed by atoms with Gasteiger partial charge < -0.3 is 10.7 Å². The minimum absolute atomic E-state index is 0.271. The number of hydrogen-bond donors (Lipinski definition) is 2. The largest absolute Gasteiger partial charge is 0.382 e. The van der Waals surface area contributed by atoms with Crippen LogP contribution in [-0.2, 0) is 0 Å². The maximum atomic E-state index is 10.0. The Labute approximate surface area is 64.1 Å². The fraction of sp³-hybridized carbons (Fsp3) is 0.167. The van der Waals surface area contributed by atoms with Gasteiger partial charge in [-0.1, -0.05) is 6.08 Å². The number of allylic oxidation sites excluding steroid dienone is 1. The van der Waals surface area contributed by atoms with Gasteiger partial charge >= 0.3 is 5.70 Å². The molecule has 0 aromatic carbocycles. The lowest BCUT2D eigenvalue weighted by Crippen LogP contribution is -2.09. The van der Waals surface area contributed by atoms with Gasteiger partial charge in [-0.3, -0.25) is 10.1 Å². The third-order valence-corrected chi connectivity index (χ3v) is 0.871. The first-order chi connectivity index (χ1) is 5.22.